The van der Waals surface area contributed by atoms with E-state index in [0.29, 0.717) is 12.3 Å². The first-order valence-electron chi connectivity index (χ1n) is 4.52. The van der Waals surface area contributed by atoms with Gasteiger partial charge in [-0.2, -0.15) is 0 Å². The number of rotatable bonds is 3. The van der Waals surface area contributed by atoms with Gasteiger partial charge in [0.15, 0.2) is 0 Å². The van der Waals surface area contributed by atoms with Crippen molar-refractivity contribution in [2.24, 2.45) is 5.92 Å². The van der Waals surface area contributed by atoms with Crippen LogP contribution >= 0.6 is 0 Å². The maximum atomic E-state index is 11.1. The van der Waals surface area contributed by atoms with Crippen LogP contribution in [0.1, 0.15) is 33.1 Å². The van der Waals surface area contributed by atoms with E-state index in [-0.39, 0.29) is 11.4 Å². The van der Waals surface area contributed by atoms with Gasteiger partial charge in [0.05, 0.1) is 0 Å². The molecule has 1 saturated heterocycles. The first-order valence-corrected chi connectivity index (χ1v) is 4.52. The third-order valence-electron chi connectivity index (χ3n) is 2.80. The lowest BCUT2D eigenvalue weighted by atomic mass is 9.82. The smallest absolute Gasteiger partial charge is 0.220 e. The molecule has 68 valence electrons. The second-order valence-corrected chi connectivity index (χ2v) is 3.85. The molecule has 1 rings (SSSR count). The van der Waals surface area contributed by atoms with Crippen molar-refractivity contribution in [2.45, 2.75) is 38.6 Å². The molecule has 0 aromatic heterocycles. The molecule has 0 aromatic carbocycles. The van der Waals surface area contributed by atoms with E-state index in [1.807, 2.05) is 6.08 Å². The second kappa shape index (κ2) is 3.30. The summed E-state index contributed by atoms with van der Waals surface area (Å²) in [7, 11) is 0. The Hall–Kier alpha value is -0.790. The van der Waals surface area contributed by atoms with Gasteiger partial charge in [0, 0.05) is 12.0 Å². The van der Waals surface area contributed by atoms with Crippen LogP contribution in [0.25, 0.3) is 0 Å². The minimum atomic E-state index is -0.00116. The van der Waals surface area contributed by atoms with Crippen LogP contribution in [-0.4, -0.2) is 11.4 Å². The molecule has 1 aliphatic heterocycles. The Morgan fingerprint density at radius 1 is 1.75 bits per heavy atom. The average Bonchev–Trinajstić information content (AvgIpc) is 2.34. The van der Waals surface area contributed by atoms with Crippen molar-refractivity contribution in [3.63, 3.8) is 0 Å². The molecule has 12 heavy (non-hydrogen) atoms. The SMILES string of the molecule is C=CC[C@@]1(C(C)C)CCC(=O)N1. The zero-order chi connectivity index (χ0) is 9.19. The van der Waals surface area contributed by atoms with Crippen LogP contribution in [0, 0.1) is 5.92 Å². The van der Waals surface area contributed by atoms with Crippen molar-refractivity contribution in [1.82, 2.24) is 5.32 Å². The molecule has 1 atom stereocenters. The monoisotopic (exact) mass is 167 g/mol. The third kappa shape index (κ3) is 1.52. The summed E-state index contributed by atoms with van der Waals surface area (Å²) in [6.45, 7) is 8.02. The molecule has 0 unspecified atom stereocenters. The predicted molar refractivity (Wildman–Crippen MR) is 49.8 cm³/mol. The van der Waals surface area contributed by atoms with Crippen molar-refractivity contribution in [2.75, 3.05) is 0 Å². The van der Waals surface area contributed by atoms with Gasteiger partial charge in [-0.3, -0.25) is 4.79 Å². The highest BCUT2D eigenvalue weighted by Gasteiger charge is 2.38. The highest BCUT2D eigenvalue weighted by atomic mass is 16.2. The van der Waals surface area contributed by atoms with Gasteiger partial charge in [-0.25, -0.2) is 0 Å². The number of nitrogens with one attached hydrogen (secondary N) is 1. The molecule has 0 bridgehead atoms. The molecule has 0 radical (unpaired) electrons. The lowest BCUT2D eigenvalue weighted by Crippen LogP contribution is -2.45. The molecule has 0 saturated carbocycles. The van der Waals surface area contributed by atoms with E-state index < -0.39 is 0 Å². The van der Waals surface area contributed by atoms with Crippen molar-refractivity contribution >= 4 is 5.91 Å². The van der Waals surface area contributed by atoms with Crippen LogP contribution in [0.5, 0.6) is 0 Å². The summed E-state index contributed by atoms with van der Waals surface area (Å²) in [6, 6.07) is 0. The van der Waals surface area contributed by atoms with E-state index in [0.717, 1.165) is 12.8 Å². The Labute approximate surface area is 74.0 Å². The van der Waals surface area contributed by atoms with E-state index >= 15 is 0 Å². The minimum Gasteiger partial charge on any atom is -0.350 e. The lowest BCUT2D eigenvalue weighted by Gasteiger charge is -2.32. The Kier molecular flexibility index (Phi) is 2.55. The Morgan fingerprint density at radius 3 is 2.75 bits per heavy atom. The summed E-state index contributed by atoms with van der Waals surface area (Å²) in [5.41, 5.74) is -0.00116. The van der Waals surface area contributed by atoms with Gasteiger partial charge in [0.25, 0.3) is 0 Å². The molecule has 0 spiro atoms. The second-order valence-electron chi connectivity index (χ2n) is 3.85. The van der Waals surface area contributed by atoms with Crippen LogP contribution in [0.4, 0.5) is 0 Å². The summed E-state index contributed by atoms with van der Waals surface area (Å²) in [6.07, 6.45) is 4.41. The van der Waals surface area contributed by atoms with Crippen LogP contribution in [0.2, 0.25) is 0 Å². The highest BCUT2D eigenvalue weighted by molar-refractivity contribution is 5.79. The van der Waals surface area contributed by atoms with Crippen molar-refractivity contribution in [1.29, 1.82) is 0 Å². The topological polar surface area (TPSA) is 29.1 Å². The number of amides is 1. The molecule has 0 aliphatic carbocycles. The van der Waals surface area contributed by atoms with Crippen LogP contribution < -0.4 is 5.32 Å². The van der Waals surface area contributed by atoms with Gasteiger partial charge in [0.1, 0.15) is 0 Å². The maximum Gasteiger partial charge on any atom is 0.220 e. The van der Waals surface area contributed by atoms with Crippen molar-refractivity contribution < 1.29 is 4.79 Å². The van der Waals surface area contributed by atoms with E-state index in [4.69, 9.17) is 0 Å². The largest absolute Gasteiger partial charge is 0.350 e. The van der Waals surface area contributed by atoms with Gasteiger partial charge < -0.3 is 5.32 Å². The van der Waals surface area contributed by atoms with Gasteiger partial charge in [-0.1, -0.05) is 19.9 Å². The van der Waals surface area contributed by atoms with Gasteiger partial charge >= 0.3 is 0 Å². The summed E-state index contributed by atoms with van der Waals surface area (Å²) in [4.78, 5) is 11.1. The standard InChI is InChI=1S/C10H17NO/c1-4-6-10(8(2)3)7-5-9(12)11-10/h4,8H,1,5-7H2,2-3H3,(H,11,12)/t10-/m0/s1. The van der Waals surface area contributed by atoms with Crippen molar-refractivity contribution in [3.05, 3.63) is 12.7 Å². The molecule has 1 N–H and O–H groups in total. The summed E-state index contributed by atoms with van der Waals surface area (Å²) in [5, 5.41) is 3.06. The third-order valence-corrected chi connectivity index (χ3v) is 2.80. The quantitative estimate of drug-likeness (QED) is 0.639. The Balaban J connectivity index is 2.73. The van der Waals surface area contributed by atoms with E-state index in [9.17, 15) is 4.79 Å². The molecular formula is C10H17NO. The molecule has 1 fully saturated rings. The molecular weight excluding hydrogens is 150 g/mol. The summed E-state index contributed by atoms with van der Waals surface area (Å²) < 4.78 is 0. The van der Waals surface area contributed by atoms with Crippen molar-refractivity contribution in [3.8, 4) is 0 Å². The number of carbonyl (C=O) groups is 1. The summed E-state index contributed by atoms with van der Waals surface area (Å²) >= 11 is 0. The molecule has 1 amide bonds. The zero-order valence-corrected chi connectivity index (χ0v) is 7.89. The van der Waals surface area contributed by atoms with Gasteiger partial charge in [-0.15, -0.1) is 6.58 Å². The fourth-order valence-corrected chi connectivity index (χ4v) is 1.82. The van der Waals surface area contributed by atoms with E-state index in [1.165, 1.54) is 0 Å². The number of hydrogen-bond acceptors (Lipinski definition) is 1. The van der Waals surface area contributed by atoms with Gasteiger partial charge in [-0.05, 0) is 18.8 Å². The molecule has 2 nitrogen and oxygen atoms in total. The van der Waals surface area contributed by atoms with Crippen LogP contribution in [0.15, 0.2) is 12.7 Å². The number of hydrogen-bond donors (Lipinski definition) is 1. The highest BCUT2D eigenvalue weighted by Crippen LogP contribution is 2.31. The fraction of sp³-hybridized carbons (Fsp3) is 0.700. The zero-order valence-electron chi connectivity index (χ0n) is 7.89. The predicted octanol–water partition coefficient (Wildman–Crippen LogP) is 1.87. The maximum absolute atomic E-state index is 11.1. The molecule has 1 aliphatic rings. The lowest BCUT2D eigenvalue weighted by molar-refractivity contribution is -0.120. The minimum absolute atomic E-state index is 0.00116. The average molecular weight is 167 g/mol. The first kappa shape index (κ1) is 9.30. The van der Waals surface area contributed by atoms with E-state index in [2.05, 4.69) is 25.7 Å². The van der Waals surface area contributed by atoms with Crippen LogP contribution in [-0.2, 0) is 4.79 Å². The molecule has 0 aromatic rings. The molecule has 1 heterocycles. The Bertz CT molecular complexity index is 198. The first-order chi connectivity index (χ1) is 5.60. The summed E-state index contributed by atoms with van der Waals surface area (Å²) in [5.74, 6) is 0.674. The Morgan fingerprint density at radius 2 is 2.42 bits per heavy atom. The van der Waals surface area contributed by atoms with E-state index in [1.54, 1.807) is 0 Å². The van der Waals surface area contributed by atoms with Crippen LogP contribution in [0.3, 0.4) is 0 Å². The number of carbonyl (C=O) groups excluding carboxylic acids is 1. The van der Waals surface area contributed by atoms with Gasteiger partial charge in [0.2, 0.25) is 5.91 Å². The molecule has 2 heteroatoms. The normalized spacial score (nSPS) is 29.1. The fourth-order valence-electron chi connectivity index (χ4n) is 1.82.